The van der Waals surface area contributed by atoms with Gasteiger partial charge in [0.1, 0.15) is 18.2 Å². The van der Waals surface area contributed by atoms with E-state index in [2.05, 4.69) is 5.32 Å². The molecule has 24 heavy (non-hydrogen) atoms. The summed E-state index contributed by atoms with van der Waals surface area (Å²) in [5, 5.41) is 2.51. The summed E-state index contributed by atoms with van der Waals surface area (Å²) in [6.45, 7) is 13.8. The molecule has 1 amide bonds. The topological polar surface area (TPSA) is 90.9 Å². The number of nitrogens with one attached hydrogen (secondary N) is 1. The Morgan fingerprint density at radius 3 is 1.96 bits per heavy atom. The van der Waals surface area contributed by atoms with Crippen LogP contribution < -0.4 is 5.32 Å². The Labute approximate surface area is 144 Å². The molecule has 140 valence electrons. The van der Waals surface area contributed by atoms with E-state index in [-0.39, 0.29) is 19.1 Å². The number of carbonyl (C=O) groups excluding carboxylic acids is 3. The van der Waals surface area contributed by atoms with Crippen molar-refractivity contribution in [2.45, 2.75) is 67.0 Å². The quantitative estimate of drug-likeness (QED) is 0.563. The zero-order chi connectivity index (χ0) is 19.1. The predicted octanol–water partition coefficient (Wildman–Crippen LogP) is 2.67. The van der Waals surface area contributed by atoms with Crippen LogP contribution in [0.15, 0.2) is 0 Å². The van der Waals surface area contributed by atoms with Crippen LogP contribution in [-0.4, -0.2) is 42.9 Å². The molecule has 0 aliphatic heterocycles. The third kappa shape index (κ3) is 8.17. The van der Waals surface area contributed by atoms with Gasteiger partial charge in [0.05, 0.1) is 12.0 Å². The molecule has 7 nitrogen and oxygen atoms in total. The number of rotatable bonds is 7. The second kappa shape index (κ2) is 8.89. The van der Waals surface area contributed by atoms with Gasteiger partial charge in [-0.1, -0.05) is 13.8 Å². The van der Waals surface area contributed by atoms with E-state index in [1.807, 2.05) is 0 Å². The first-order valence-corrected chi connectivity index (χ1v) is 8.13. The van der Waals surface area contributed by atoms with Crippen LogP contribution in [0.1, 0.15) is 55.4 Å². The molecule has 0 aromatic rings. The van der Waals surface area contributed by atoms with E-state index in [0.717, 1.165) is 0 Å². The maximum Gasteiger partial charge on any atom is 0.408 e. The van der Waals surface area contributed by atoms with Gasteiger partial charge in [0.25, 0.3) is 0 Å². The van der Waals surface area contributed by atoms with Gasteiger partial charge in [0.15, 0.2) is 0 Å². The molecule has 0 radical (unpaired) electrons. The molecule has 1 N–H and O–H groups in total. The Bertz CT molecular complexity index is 450. The van der Waals surface area contributed by atoms with Gasteiger partial charge in [-0.3, -0.25) is 4.79 Å². The van der Waals surface area contributed by atoms with E-state index in [0.29, 0.717) is 0 Å². The predicted molar refractivity (Wildman–Crippen MR) is 89.4 cm³/mol. The van der Waals surface area contributed by atoms with Crippen molar-refractivity contribution in [3.05, 3.63) is 0 Å². The molecule has 0 saturated heterocycles. The lowest BCUT2D eigenvalue weighted by atomic mass is 9.95. The summed E-state index contributed by atoms with van der Waals surface area (Å²) in [4.78, 5) is 35.9. The third-order valence-electron chi connectivity index (χ3n) is 3.00. The van der Waals surface area contributed by atoms with Gasteiger partial charge in [0.2, 0.25) is 0 Å². The van der Waals surface area contributed by atoms with Crippen molar-refractivity contribution in [1.82, 2.24) is 5.32 Å². The van der Waals surface area contributed by atoms with Crippen LogP contribution in [-0.2, 0) is 23.8 Å². The van der Waals surface area contributed by atoms with Crippen molar-refractivity contribution >= 4 is 18.0 Å². The molecular weight excluding hydrogens is 314 g/mol. The molecule has 0 aromatic carbocycles. The number of carbonyl (C=O) groups is 3. The number of alkyl carbamates (subject to hydrolysis) is 1. The van der Waals surface area contributed by atoms with E-state index < -0.39 is 35.1 Å². The monoisotopic (exact) mass is 345 g/mol. The van der Waals surface area contributed by atoms with Gasteiger partial charge in [-0.15, -0.1) is 0 Å². The highest BCUT2D eigenvalue weighted by Crippen LogP contribution is 2.19. The maximum atomic E-state index is 12.3. The lowest BCUT2D eigenvalue weighted by molar-refractivity contribution is -0.162. The molecule has 0 rings (SSSR count). The lowest BCUT2D eigenvalue weighted by Crippen LogP contribution is -2.48. The minimum Gasteiger partial charge on any atom is -0.465 e. The van der Waals surface area contributed by atoms with Gasteiger partial charge in [-0.2, -0.15) is 0 Å². The highest BCUT2D eigenvalue weighted by Gasteiger charge is 2.34. The molecular formula is C17H31NO6. The first-order valence-electron chi connectivity index (χ1n) is 8.13. The summed E-state index contributed by atoms with van der Waals surface area (Å²) in [6.07, 6.45) is -0.692. The minimum atomic E-state index is -0.959. The van der Waals surface area contributed by atoms with Crippen LogP contribution in [0, 0.1) is 11.3 Å². The summed E-state index contributed by atoms with van der Waals surface area (Å²) in [5.74, 6) is -1.26. The fourth-order valence-electron chi connectivity index (χ4n) is 1.66. The SMILES string of the molecule is CCOC(=O)C(C)(C)COC(=O)C(NC(=O)OC(C)(C)C)C(C)C. The molecule has 0 saturated carbocycles. The Morgan fingerprint density at radius 2 is 1.54 bits per heavy atom. The van der Waals surface area contributed by atoms with Crippen LogP contribution in [0.3, 0.4) is 0 Å². The summed E-state index contributed by atoms with van der Waals surface area (Å²) in [7, 11) is 0. The second-order valence-corrected chi connectivity index (χ2v) is 7.58. The van der Waals surface area contributed by atoms with Crippen LogP contribution >= 0.6 is 0 Å². The van der Waals surface area contributed by atoms with Crippen LogP contribution in [0.25, 0.3) is 0 Å². The molecule has 1 unspecified atom stereocenters. The molecule has 0 aliphatic rings. The highest BCUT2D eigenvalue weighted by atomic mass is 16.6. The largest absolute Gasteiger partial charge is 0.465 e. The molecule has 0 aromatic heterocycles. The van der Waals surface area contributed by atoms with Crippen LogP contribution in [0.5, 0.6) is 0 Å². The van der Waals surface area contributed by atoms with E-state index >= 15 is 0 Å². The minimum absolute atomic E-state index is 0.135. The van der Waals surface area contributed by atoms with E-state index in [4.69, 9.17) is 14.2 Å². The summed E-state index contributed by atoms with van der Waals surface area (Å²) in [5.41, 5.74) is -1.62. The van der Waals surface area contributed by atoms with Gasteiger partial charge in [-0.25, -0.2) is 9.59 Å². The van der Waals surface area contributed by atoms with Crippen molar-refractivity contribution in [1.29, 1.82) is 0 Å². The smallest absolute Gasteiger partial charge is 0.408 e. The number of ether oxygens (including phenoxy) is 3. The van der Waals surface area contributed by atoms with Crippen molar-refractivity contribution in [2.75, 3.05) is 13.2 Å². The van der Waals surface area contributed by atoms with Gasteiger partial charge in [0, 0.05) is 0 Å². The van der Waals surface area contributed by atoms with Crippen LogP contribution in [0.4, 0.5) is 4.79 Å². The summed E-state index contributed by atoms with van der Waals surface area (Å²) >= 11 is 0. The number of hydrogen-bond acceptors (Lipinski definition) is 6. The van der Waals surface area contributed by atoms with E-state index in [1.54, 1.807) is 55.4 Å². The Morgan fingerprint density at radius 1 is 1.00 bits per heavy atom. The highest BCUT2D eigenvalue weighted by molar-refractivity contribution is 5.82. The average Bonchev–Trinajstić information content (AvgIpc) is 2.40. The number of hydrogen-bond donors (Lipinski definition) is 1. The first-order chi connectivity index (χ1) is 10.8. The molecule has 0 aliphatic carbocycles. The summed E-state index contributed by atoms with van der Waals surface area (Å²) in [6, 6.07) is -0.863. The Hall–Kier alpha value is -1.79. The van der Waals surface area contributed by atoms with Crippen molar-refractivity contribution in [3.63, 3.8) is 0 Å². The van der Waals surface area contributed by atoms with E-state index in [9.17, 15) is 14.4 Å². The van der Waals surface area contributed by atoms with Gasteiger partial charge >= 0.3 is 18.0 Å². The van der Waals surface area contributed by atoms with Gasteiger partial charge < -0.3 is 19.5 Å². The fraction of sp³-hybridized carbons (Fsp3) is 0.824. The Balaban J connectivity index is 4.77. The maximum absolute atomic E-state index is 12.3. The fourth-order valence-corrected chi connectivity index (χ4v) is 1.66. The zero-order valence-corrected chi connectivity index (χ0v) is 16.0. The Kier molecular flexibility index (Phi) is 8.23. The zero-order valence-electron chi connectivity index (χ0n) is 16.0. The molecule has 7 heteroatoms. The molecule has 0 fully saturated rings. The molecule has 0 heterocycles. The normalized spacial score (nSPS) is 13.2. The first kappa shape index (κ1) is 22.2. The average molecular weight is 345 g/mol. The second-order valence-electron chi connectivity index (χ2n) is 7.58. The third-order valence-corrected chi connectivity index (χ3v) is 3.00. The van der Waals surface area contributed by atoms with Crippen molar-refractivity contribution < 1.29 is 28.6 Å². The molecule has 1 atom stereocenters. The van der Waals surface area contributed by atoms with E-state index in [1.165, 1.54) is 0 Å². The number of esters is 2. The van der Waals surface area contributed by atoms with Crippen molar-refractivity contribution in [2.24, 2.45) is 11.3 Å². The summed E-state index contributed by atoms with van der Waals surface area (Å²) < 4.78 is 15.3. The number of amides is 1. The van der Waals surface area contributed by atoms with Gasteiger partial charge in [-0.05, 0) is 47.5 Å². The standard InChI is InChI=1S/C17H31NO6/c1-9-22-14(20)17(7,8)10-23-13(19)12(11(2)3)18-15(21)24-16(4,5)6/h11-12H,9-10H2,1-8H3,(H,18,21). The lowest BCUT2D eigenvalue weighted by Gasteiger charge is -2.26. The van der Waals surface area contributed by atoms with Crippen molar-refractivity contribution in [3.8, 4) is 0 Å². The molecule has 0 spiro atoms. The van der Waals surface area contributed by atoms with Crippen LogP contribution in [0.2, 0.25) is 0 Å². The molecule has 0 bridgehead atoms.